The van der Waals surface area contributed by atoms with E-state index in [1.807, 2.05) is 6.07 Å². The number of rotatable bonds is 13. The highest BCUT2D eigenvalue weighted by molar-refractivity contribution is 6.51. The lowest BCUT2D eigenvalue weighted by Gasteiger charge is -2.36. The summed E-state index contributed by atoms with van der Waals surface area (Å²) in [6.07, 6.45) is -0.0738. The average Bonchev–Trinajstić information content (AvgIpc) is 3.56. The van der Waals surface area contributed by atoms with Gasteiger partial charge < -0.3 is 34.5 Å². The molecule has 3 heterocycles. The van der Waals surface area contributed by atoms with E-state index >= 15 is 0 Å². The van der Waals surface area contributed by atoms with Crippen LogP contribution in [0.1, 0.15) is 57.9 Å². The maximum Gasteiger partial charge on any atom is 0.552 e. The number of alkyl carbamates (subject to hydrolysis) is 1. The SMILES string of the molecule is CC(C)(/C=C(\C#N)C(=O)N1CCCC[C@@H]1COC(=O)N[C@@H](Cc1ccccc1)B1OC(=O)C(CC(=O)O)(CC(=O)O)O1)N1CCC(F)(F)C1. The number of aliphatic carboxylic acids is 2. The maximum atomic E-state index is 13.9. The van der Waals surface area contributed by atoms with Crippen LogP contribution in [-0.2, 0) is 39.6 Å². The average molecular weight is 688 g/mol. The number of likely N-dealkylation sites (tertiary alicyclic amines) is 2. The highest BCUT2D eigenvalue weighted by Gasteiger charge is 2.58. The first-order valence-corrected chi connectivity index (χ1v) is 15.9. The molecule has 0 unspecified atom stereocenters. The molecule has 1 aromatic carbocycles. The zero-order chi connectivity index (χ0) is 36.0. The van der Waals surface area contributed by atoms with Crippen LogP contribution in [0.4, 0.5) is 13.6 Å². The predicted molar refractivity (Wildman–Crippen MR) is 167 cm³/mol. The summed E-state index contributed by atoms with van der Waals surface area (Å²) < 4.78 is 44.2. The summed E-state index contributed by atoms with van der Waals surface area (Å²) >= 11 is 0. The Hall–Kier alpha value is -4.56. The van der Waals surface area contributed by atoms with Crippen molar-refractivity contribution in [1.29, 1.82) is 5.26 Å². The van der Waals surface area contributed by atoms with E-state index in [0.29, 0.717) is 24.8 Å². The van der Waals surface area contributed by atoms with E-state index in [0.717, 1.165) is 0 Å². The molecule has 17 heteroatoms. The van der Waals surface area contributed by atoms with Crippen molar-refractivity contribution in [3.63, 3.8) is 0 Å². The lowest BCUT2D eigenvalue weighted by molar-refractivity contribution is -0.157. The summed E-state index contributed by atoms with van der Waals surface area (Å²) in [7, 11) is -1.56. The first kappa shape index (κ1) is 37.3. The van der Waals surface area contributed by atoms with Crippen LogP contribution < -0.4 is 5.32 Å². The van der Waals surface area contributed by atoms with Crippen LogP contribution in [0.5, 0.6) is 0 Å². The summed E-state index contributed by atoms with van der Waals surface area (Å²) in [6, 6.07) is 9.95. The first-order valence-electron chi connectivity index (χ1n) is 15.9. The molecular weight excluding hydrogens is 649 g/mol. The topological polar surface area (TPSA) is 196 Å². The third-order valence-corrected chi connectivity index (χ3v) is 8.87. The molecule has 3 N–H and O–H groups in total. The van der Waals surface area contributed by atoms with E-state index in [-0.39, 0.29) is 38.1 Å². The molecule has 1 aromatic rings. The molecule has 0 saturated carbocycles. The second kappa shape index (κ2) is 15.3. The Bertz CT molecular complexity index is 1490. The minimum absolute atomic E-state index is 0.0210. The number of carbonyl (C=O) groups is 5. The molecule has 0 radical (unpaired) electrons. The van der Waals surface area contributed by atoms with Gasteiger partial charge in [0.15, 0.2) is 5.60 Å². The van der Waals surface area contributed by atoms with E-state index in [2.05, 4.69) is 5.32 Å². The number of nitrogens with zero attached hydrogens (tertiary/aromatic N) is 3. The van der Waals surface area contributed by atoms with Gasteiger partial charge in [-0.3, -0.25) is 24.1 Å². The molecule has 264 valence electrons. The van der Waals surface area contributed by atoms with E-state index in [4.69, 9.17) is 14.0 Å². The van der Waals surface area contributed by atoms with E-state index < -0.39 is 85.5 Å². The van der Waals surface area contributed by atoms with Gasteiger partial charge in [0.1, 0.15) is 18.2 Å². The maximum absolute atomic E-state index is 13.9. The van der Waals surface area contributed by atoms with Gasteiger partial charge in [0.25, 0.3) is 11.8 Å². The molecule has 0 aromatic heterocycles. The zero-order valence-electron chi connectivity index (χ0n) is 27.2. The Balaban J connectivity index is 1.46. The van der Waals surface area contributed by atoms with Gasteiger partial charge in [-0.05, 0) is 51.2 Å². The fraction of sp³-hybridized carbons (Fsp3) is 0.562. The fourth-order valence-corrected chi connectivity index (χ4v) is 6.31. The van der Waals surface area contributed by atoms with Crippen molar-refractivity contribution in [1.82, 2.24) is 15.1 Å². The van der Waals surface area contributed by atoms with Crippen molar-refractivity contribution in [2.24, 2.45) is 0 Å². The molecule has 0 spiro atoms. The van der Waals surface area contributed by atoms with Gasteiger partial charge >= 0.3 is 31.1 Å². The smallest absolute Gasteiger partial charge is 0.506 e. The van der Waals surface area contributed by atoms with Gasteiger partial charge in [-0.2, -0.15) is 5.26 Å². The highest BCUT2D eigenvalue weighted by atomic mass is 19.3. The van der Waals surface area contributed by atoms with Crippen molar-refractivity contribution in [2.75, 3.05) is 26.2 Å². The van der Waals surface area contributed by atoms with Crippen molar-refractivity contribution >= 4 is 37.0 Å². The molecular formula is C32H39BF2N4O10. The van der Waals surface area contributed by atoms with Crippen LogP contribution in [0.25, 0.3) is 0 Å². The molecule has 0 aliphatic carbocycles. The van der Waals surface area contributed by atoms with E-state index in [1.54, 1.807) is 44.2 Å². The zero-order valence-corrected chi connectivity index (χ0v) is 27.2. The molecule has 0 bridgehead atoms. The number of halogens is 2. The molecule has 49 heavy (non-hydrogen) atoms. The Morgan fingerprint density at radius 3 is 2.43 bits per heavy atom. The Morgan fingerprint density at radius 1 is 1.16 bits per heavy atom. The predicted octanol–water partition coefficient (Wildman–Crippen LogP) is 2.56. The highest BCUT2D eigenvalue weighted by Crippen LogP contribution is 2.34. The lowest BCUT2D eigenvalue weighted by Crippen LogP contribution is -2.51. The van der Waals surface area contributed by atoms with Crippen LogP contribution in [0, 0.1) is 11.3 Å². The largest absolute Gasteiger partial charge is 0.552 e. The number of benzene rings is 1. The van der Waals surface area contributed by atoms with Crippen LogP contribution in [-0.4, -0.2) is 112 Å². The van der Waals surface area contributed by atoms with Crippen molar-refractivity contribution in [2.45, 2.75) is 87.8 Å². The number of amides is 2. The molecule has 2 amide bonds. The number of carboxylic acids is 2. The number of carbonyl (C=O) groups excluding carboxylic acids is 3. The van der Waals surface area contributed by atoms with Gasteiger partial charge in [0.2, 0.25) is 0 Å². The number of piperidine rings is 1. The van der Waals surface area contributed by atoms with E-state index in [1.165, 1.54) is 15.9 Å². The minimum Gasteiger partial charge on any atom is -0.506 e. The number of ether oxygens (including phenoxy) is 1. The number of alkyl halides is 2. The number of nitriles is 1. The van der Waals surface area contributed by atoms with Crippen LogP contribution in [0.2, 0.25) is 0 Å². The standard InChI is InChI=1S/C32H39BF2N4O10/c1-30(2,38-13-11-32(34,35)20-38)15-22(18-36)27(44)39-12-7-6-10-23(39)19-47-29(46)37-24(14-21-8-4-3-5-9-21)33-48-28(45)31(49-33,16-25(40)41)17-26(42)43/h3-5,8-9,15,23-24H,6-7,10-14,16-17,19-20H2,1-2H3,(H,37,46)(H,40,41)(H,42,43)/b22-15+/t23-,24+/m1/s1. The molecule has 4 rings (SSSR count). The summed E-state index contributed by atoms with van der Waals surface area (Å²) in [4.78, 5) is 65.5. The first-order chi connectivity index (χ1) is 23.0. The van der Waals surface area contributed by atoms with Crippen LogP contribution in [0.3, 0.4) is 0 Å². The second-order valence-corrected chi connectivity index (χ2v) is 13.1. The summed E-state index contributed by atoms with van der Waals surface area (Å²) in [5, 5.41) is 31.2. The van der Waals surface area contributed by atoms with Gasteiger partial charge in [0.05, 0.1) is 31.4 Å². The molecule has 3 fully saturated rings. The molecule has 3 aliphatic rings. The van der Waals surface area contributed by atoms with Crippen molar-refractivity contribution < 1.29 is 57.0 Å². The fourth-order valence-electron chi connectivity index (χ4n) is 6.31. The van der Waals surface area contributed by atoms with Gasteiger partial charge in [-0.25, -0.2) is 13.6 Å². The van der Waals surface area contributed by atoms with Crippen molar-refractivity contribution in [3.8, 4) is 6.07 Å². The molecule has 3 aliphatic heterocycles. The monoisotopic (exact) mass is 688 g/mol. The normalized spacial score (nSPS) is 21.4. The summed E-state index contributed by atoms with van der Waals surface area (Å²) in [6.45, 7) is 2.93. The van der Waals surface area contributed by atoms with E-state index in [9.17, 15) is 48.2 Å². The summed E-state index contributed by atoms with van der Waals surface area (Å²) in [5.74, 6) is -8.79. The van der Waals surface area contributed by atoms with Gasteiger partial charge in [0, 0.05) is 25.0 Å². The quantitative estimate of drug-likeness (QED) is 0.156. The Labute approximate surface area is 282 Å². The molecule has 2 atom stereocenters. The third kappa shape index (κ3) is 9.54. The number of nitrogens with one attached hydrogen (secondary N) is 1. The third-order valence-electron chi connectivity index (χ3n) is 8.87. The minimum atomic E-state index is -2.86. The van der Waals surface area contributed by atoms with Crippen LogP contribution >= 0.6 is 0 Å². The molecule has 14 nitrogen and oxygen atoms in total. The Morgan fingerprint density at radius 2 is 1.84 bits per heavy atom. The van der Waals surface area contributed by atoms with Crippen LogP contribution in [0.15, 0.2) is 42.0 Å². The lowest BCUT2D eigenvalue weighted by atomic mass is 9.75. The summed E-state index contributed by atoms with van der Waals surface area (Å²) in [5.41, 5.74) is -2.87. The molecule has 3 saturated heterocycles. The van der Waals surface area contributed by atoms with Gasteiger partial charge in [-0.15, -0.1) is 0 Å². The number of carboxylic acid groups (broad SMARTS) is 2. The number of hydrogen-bond donors (Lipinski definition) is 3. The van der Waals surface area contributed by atoms with Crippen molar-refractivity contribution in [3.05, 3.63) is 47.5 Å². The number of hydrogen-bond acceptors (Lipinski definition) is 10. The Kier molecular flexibility index (Phi) is 11.7. The van der Waals surface area contributed by atoms with Gasteiger partial charge in [-0.1, -0.05) is 30.3 Å². The second-order valence-electron chi connectivity index (χ2n) is 13.1.